The van der Waals surface area contributed by atoms with Crippen molar-refractivity contribution >= 4 is 0 Å². The summed E-state index contributed by atoms with van der Waals surface area (Å²) in [6, 6.07) is 0. The minimum absolute atomic E-state index is 0. The molecule has 0 saturated carbocycles. The van der Waals surface area contributed by atoms with Gasteiger partial charge in [0.1, 0.15) is 0 Å². The maximum atomic E-state index is 2.30. The van der Waals surface area contributed by atoms with Crippen molar-refractivity contribution in [2.24, 2.45) is 0 Å². The van der Waals surface area contributed by atoms with Crippen molar-refractivity contribution in [1.29, 1.82) is 0 Å². The Morgan fingerprint density at radius 2 is 0.364 bits per heavy atom. The first kappa shape index (κ1) is 51.3. The van der Waals surface area contributed by atoms with E-state index in [-0.39, 0.29) is 24.8 Å². The van der Waals surface area contributed by atoms with E-state index < -0.39 is 0 Å². The summed E-state index contributed by atoms with van der Waals surface area (Å²) in [5.74, 6) is 0. The molecule has 2 nitrogen and oxygen atoms in total. The third kappa shape index (κ3) is 54.9. The van der Waals surface area contributed by atoms with Gasteiger partial charge in [-0.15, -0.1) is 0 Å². The van der Waals surface area contributed by atoms with Gasteiger partial charge in [0, 0.05) is 0 Å². The second-order valence-corrected chi connectivity index (χ2v) is 15.9. The van der Waals surface area contributed by atoms with Gasteiger partial charge < -0.3 is 33.8 Å². The van der Waals surface area contributed by atoms with E-state index in [2.05, 4.69) is 56.1 Å². The summed E-state index contributed by atoms with van der Waals surface area (Å²) in [5, 5.41) is 0. The average Bonchev–Trinajstić information content (AvgIpc) is 2.92. The molecule has 0 aliphatic rings. The molecule has 0 bridgehead atoms. The summed E-state index contributed by atoms with van der Waals surface area (Å²) < 4.78 is 2.25. The molecule has 0 heterocycles. The Kier molecular flexibility index (Phi) is 46.3. The minimum Gasteiger partial charge on any atom is -1.00 e. The van der Waals surface area contributed by atoms with Gasteiger partial charge in [-0.2, -0.15) is 0 Å². The number of rotatable bonds is 32. The van der Waals surface area contributed by atoms with Crippen molar-refractivity contribution in [3.63, 3.8) is 0 Å². The molecular formula is C40H88Cl2N2. The summed E-state index contributed by atoms with van der Waals surface area (Å²) in [6.45, 7) is 7.25. The highest BCUT2D eigenvalue weighted by Gasteiger charge is 2.06. The van der Waals surface area contributed by atoms with Crippen LogP contribution in [0, 0.1) is 0 Å². The van der Waals surface area contributed by atoms with Crippen molar-refractivity contribution < 1.29 is 33.8 Å². The smallest absolute Gasteiger partial charge is 0.0780 e. The summed E-state index contributed by atoms with van der Waals surface area (Å²) in [7, 11) is 13.8. The monoisotopic (exact) mass is 667 g/mol. The van der Waals surface area contributed by atoms with Crippen molar-refractivity contribution in [3.8, 4) is 0 Å². The Hall–Kier alpha value is 0.500. The van der Waals surface area contributed by atoms with Crippen LogP contribution in [0.5, 0.6) is 0 Å². The molecule has 0 atom stereocenters. The number of hydrogen-bond donors (Lipinski definition) is 0. The van der Waals surface area contributed by atoms with E-state index in [1.165, 1.54) is 206 Å². The maximum absolute atomic E-state index is 2.30. The molecule has 0 spiro atoms. The van der Waals surface area contributed by atoms with E-state index in [4.69, 9.17) is 0 Å². The third-order valence-electron chi connectivity index (χ3n) is 8.86. The quantitative estimate of drug-likeness (QED) is 0.0529. The van der Waals surface area contributed by atoms with Gasteiger partial charge >= 0.3 is 0 Å². The predicted molar refractivity (Wildman–Crippen MR) is 196 cm³/mol. The topological polar surface area (TPSA) is 0 Å². The van der Waals surface area contributed by atoms with Crippen LogP contribution in [0.1, 0.15) is 206 Å². The van der Waals surface area contributed by atoms with Crippen LogP contribution in [0.15, 0.2) is 0 Å². The van der Waals surface area contributed by atoms with E-state index in [0.717, 1.165) is 8.97 Å². The van der Waals surface area contributed by atoms with Crippen LogP contribution in [0.4, 0.5) is 0 Å². The minimum atomic E-state index is 0. The number of nitrogens with zero attached hydrogens (tertiary/aromatic N) is 2. The highest BCUT2D eigenvalue weighted by atomic mass is 35.5. The molecule has 0 aliphatic heterocycles. The van der Waals surface area contributed by atoms with Gasteiger partial charge in [0.2, 0.25) is 0 Å². The zero-order valence-corrected chi connectivity index (χ0v) is 33.8. The Morgan fingerprint density at radius 1 is 0.227 bits per heavy atom. The maximum Gasteiger partial charge on any atom is 0.0780 e. The number of hydrogen-bond acceptors (Lipinski definition) is 0. The Bertz CT molecular complexity index is 485. The first-order valence-corrected chi connectivity index (χ1v) is 19.7. The first-order chi connectivity index (χ1) is 20.1. The second-order valence-electron chi connectivity index (χ2n) is 15.9. The standard InChI is InChI=1S/C21H46N.C19H42N.2ClH/c1-5-6-7-8-9-10-11-12-13-14-15-16-17-18-19-20-21-22(2,3)4;1-5-6-7-8-9-10-11-12-13-14-15-16-17-18-19-20(2,3)4;;/h5-21H2,1-4H3;5-19H2,1-4H3;2*1H/q2*+1;;/p-2. The second kappa shape index (κ2) is 39.7. The lowest BCUT2D eigenvalue weighted by Crippen LogP contribution is -3.00. The van der Waals surface area contributed by atoms with Gasteiger partial charge in [-0.3, -0.25) is 0 Å². The van der Waals surface area contributed by atoms with Crippen LogP contribution in [0.2, 0.25) is 0 Å². The largest absolute Gasteiger partial charge is 1.00 e. The Labute approximate surface area is 294 Å². The van der Waals surface area contributed by atoms with E-state index in [1.54, 1.807) is 0 Å². The molecule has 0 rings (SSSR count). The summed E-state index contributed by atoms with van der Waals surface area (Å²) in [5.41, 5.74) is 0. The van der Waals surface area contributed by atoms with Gasteiger partial charge in [0.05, 0.1) is 55.4 Å². The highest BCUT2D eigenvalue weighted by molar-refractivity contribution is 4.51. The molecule has 44 heavy (non-hydrogen) atoms. The lowest BCUT2D eigenvalue weighted by atomic mass is 10.0. The van der Waals surface area contributed by atoms with Crippen molar-refractivity contribution in [1.82, 2.24) is 0 Å². The Morgan fingerprint density at radius 3 is 0.500 bits per heavy atom. The molecule has 0 saturated heterocycles. The molecule has 0 aromatic heterocycles. The molecular weight excluding hydrogens is 579 g/mol. The first-order valence-electron chi connectivity index (χ1n) is 19.7. The molecule has 272 valence electrons. The van der Waals surface area contributed by atoms with Crippen molar-refractivity contribution in [2.75, 3.05) is 55.4 Å². The van der Waals surface area contributed by atoms with Gasteiger partial charge in [0.25, 0.3) is 0 Å². The van der Waals surface area contributed by atoms with Gasteiger partial charge in [-0.25, -0.2) is 0 Å². The van der Waals surface area contributed by atoms with Crippen LogP contribution in [-0.2, 0) is 0 Å². The van der Waals surface area contributed by atoms with E-state index >= 15 is 0 Å². The summed E-state index contributed by atoms with van der Waals surface area (Å²) in [6.07, 6.45) is 43.7. The Balaban J connectivity index is -0.000000349. The van der Waals surface area contributed by atoms with E-state index in [9.17, 15) is 0 Å². The molecule has 0 aromatic carbocycles. The van der Waals surface area contributed by atoms with Crippen LogP contribution in [0.3, 0.4) is 0 Å². The summed E-state index contributed by atoms with van der Waals surface area (Å²) >= 11 is 0. The zero-order valence-electron chi connectivity index (χ0n) is 32.3. The van der Waals surface area contributed by atoms with E-state index in [1.807, 2.05) is 0 Å². The van der Waals surface area contributed by atoms with Gasteiger partial charge in [-0.1, -0.05) is 181 Å². The highest BCUT2D eigenvalue weighted by Crippen LogP contribution is 2.15. The third-order valence-corrected chi connectivity index (χ3v) is 8.86. The van der Waals surface area contributed by atoms with Crippen LogP contribution < -0.4 is 24.8 Å². The summed E-state index contributed by atoms with van der Waals surface area (Å²) in [4.78, 5) is 0. The van der Waals surface area contributed by atoms with Crippen LogP contribution in [-0.4, -0.2) is 64.3 Å². The lowest BCUT2D eigenvalue weighted by Gasteiger charge is -2.23. The average molecular weight is 668 g/mol. The molecule has 0 aliphatic carbocycles. The normalized spacial score (nSPS) is 11.5. The SMILES string of the molecule is CCCCCCCCCCCCCCCCCC[N+](C)(C)C.CCCCCCCCCCCCCCCC[N+](C)(C)C.[Cl-].[Cl-]. The number of quaternary nitrogens is 2. The molecule has 4 heteroatoms. The molecule has 0 radical (unpaired) electrons. The van der Waals surface area contributed by atoms with Crippen LogP contribution >= 0.6 is 0 Å². The molecule has 0 amide bonds. The fourth-order valence-corrected chi connectivity index (χ4v) is 5.91. The van der Waals surface area contributed by atoms with E-state index in [0.29, 0.717) is 0 Å². The van der Waals surface area contributed by atoms with Crippen molar-refractivity contribution in [2.45, 2.75) is 206 Å². The zero-order chi connectivity index (χ0) is 31.6. The molecule has 0 aromatic rings. The number of unbranched alkanes of at least 4 members (excludes halogenated alkanes) is 28. The lowest BCUT2D eigenvalue weighted by molar-refractivity contribution is -0.870. The molecule has 0 N–H and O–H groups in total. The molecule has 0 fully saturated rings. The number of halogens is 2. The fraction of sp³-hybridized carbons (Fsp3) is 1.00. The molecule has 0 unspecified atom stereocenters. The predicted octanol–water partition coefficient (Wildman–Crippen LogP) is 7.14. The van der Waals surface area contributed by atoms with Gasteiger partial charge in [0.15, 0.2) is 0 Å². The van der Waals surface area contributed by atoms with Gasteiger partial charge in [-0.05, 0) is 25.7 Å². The fourth-order valence-electron chi connectivity index (χ4n) is 5.91. The van der Waals surface area contributed by atoms with Crippen LogP contribution in [0.25, 0.3) is 0 Å². The van der Waals surface area contributed by atoms with Crippen molar-refractivity contribution in [3.05, 3.63) is 0 Å².